The van der Waals surface area contributed by atoms with Gasteiger partial charge in [-0.1, -0.05) is 26.8 Å². The van der Waals surface area contributed by atoms with E-state index in [0.29, 0.717) is 48.8 Å². The smallest absolute Gasteiger partial charge is 0.295 e. The third-order valence-corrected chi connectivity index (χ3v) is 7.52. The molecule has 2 atom stereocenters. The van der Waals surface area contributed by atoms with Gasteiger partial charge in [0, 0.05) is 18.5 Å². The van der Waals surface area contributed by atoms with Crippen molar-refractivity contribution in [2.24, 2.45) is 0 Å². The van der Waals surface area contributed by atoms with Crippen LogP contribution >= 0.6 is 0 Å². The number of aliphatic hydroxyl groups excluding tert-OH is 1. The Labute approximate surface area is 237 Å². The number of ketones is 1. The lowest BCUT2D eigenvalue weighted by Crippen LogP contribution is -2.33. The molecule has 4 rings (SSSR count). The van der Waals surface area contributed by atoms with E-state index in [1.54, 1.807) is 11.0 Å². The molecule has 1 fully saturated rings. The molecule has 2 aromatic carbocycles. The van der Waals surface area contributed by atoms with Crippen LogP contribution in [0.1, 0.15) is 70.2 Å². The number of hydrogen-bond acceptors (Lipinski definition) is 7. The second-order valence-electron chi connectivity index (χ2n) is 10.3. The summed E-state index contributed by atoms with van der Waals surface area (Å²) in [7, 11) is 0. The summed E-state index contributed by atoms with van der Waals surface area (Å²) >= 11 is 0. The lowest BCUT2D eigenvalue weighted by Gasteiger charge is -2.27. The van der Waals surface area contributed by atoms with Crippen LogP contribution in [0.5, 0.6) is 17.2 Å². The van der Waals surface area contributed by atoms with E-state index in [1.165, 1.54) is 0 Å². The minimum Gasteiger partial charge on any atom is -0.507 e. The molecule has 2 aliphatic heterocycles. The predicted molar refractivity (Wildman–Crippen MR) is 155 cm³/mol. The fraction of sp³-hybridized carbons (Fsp3) is 0.500. The zero-order valence-electron chi connectivity index (χ0n) is 24.4. The number of hydrogen-bond donors (Lipinski definition) is 1. The summed E-state index contributed by atoms with van der Waals surface area (Å²) in [6.07, 6.45) is 2.32. The molecule has 1 N–H and O–H groups in total. The highest BCUT2D eigenvalue weighted by molar-refractivity contribution is 6.46. The number of carbonyl (C=O) groups excluding carboxylic acids is 2. The van der Waals surface area contributed by atoms with Gasteiger partial charge in [-0.2, -0.15) is 0 Å². The number of rotatable bonds is 13. The molecule has 2 aliphatic rings. The summed E-state index contributed by atoms with van der Waals surface area (Å²) in [5.74, 6) is 0.473. The van der Waals surface area contributed by atoms with Gasteiger partial charge in [-0.15, -0.1) is 0 Å². The minimum absolute atomic E-state index is 0.0502. The summed E-state index contributed by atoms with van der Waals surface area (Å²) < 4.78 is 17.6. The first-order chi connectivity index (χ1) is 19.3. The summed E-state index contributed by atoms with van der Waals surface area (Å²) in [4.78, 5) is 30.8. The number of amides is 1. The normalized spacial score (nSPS) is 19.7. The van der Waals surface area contributed by atoms with Crippen LogP contribution in [-0.4, -0.2) is 72.1 Å². The molecule has 1 amide bonds. The van der Waals surface area contributed by atoms with Crippen LogP contribution in [0.3, 0.4) is 0 Å². The van der Waals surface area contributed by atoms with E-state index in [1.807, 2.05) is 51.1 Å². The molecular formula is C32H42N2O6. The Hall–Kier alpha value is -3.52. The van der Waals surface area contributed by atoms with E-state index < -0.39 is 17.7 Å². The van der Waals surface area contributed by atoms with Crippen LogP contribution in [0.25, 0.3) is 5.76 Å². The van der Waals surface area contributed by atoms with Gasteiger partial charge in [-0.25, -0.2) is 0 Å². The first kappa shape index (κ1) is 29.5. The zero-order valence-corrected chi connectivity index (χ0v) is 24.4. The van der Waals surface area contributed by atoms with Gasteiger partial charge in [0.05, 0.1) is 24.8 Å². The van der Waals surface area contributed by atoms with Gasteiger partial charge in [0.15, 0.2) is 11.5 Å². The van der Waals surface area contributed by atoms with Crippen molar-refractivity contribution in [1.29, 1.82) is 0 Å². The molecule has 0 radical (unpaired) electrons. The Kier molecular flexibility index (Phi) is 9.74. The number of carbonyl (C=O) groups is 2. The van der Waals surface area contributed by atoms with Crippen molar-refractivity contribution in [1.82, 2.24) is 9.80 Å². The third-order valence-electron chi connectivity index (χ3n) is 7.52. The van der Waals surface area contributed by atoms with Gasteiger partial charge in [0.1, 0.15) is 17.6 Å². The number of benzene rings is 2. The molecule has 8 heteroatoms. The first-order valence-corrected chi connectivity index (χ1v) is 14.5. The number of likely N-dealkylation sites (tertiary alicyclic amines) is 1. The Morgan fingerprint density at radius 1 is 1.05 bits per heavy atom. The maximum atomic E-state index is 13.5. The minimum atomic E-state index is -0.750. The molecular weight excluding hydrogens is 508 g/mol. The van der Waals surface area contributed by atoms with E-state index >= 15 is 0 Å². The van der Waals surface area contributed by atoms with Crippen LogP contribution in [0, 0.1) is 0 Å². The molecule has 2 aromatic rings. The first-order valence-electron chi connectivity index (χ1n) is 14.5. The van der Waals surface area contributed by atoms with Crippen molar-refractivity contribution in [3.63, 3.8) is 0 Å². The molecule has 0 aliphatic carbocycles. The molecule has 1 saturated heterocycles. The summed E-state index contributed by atoms with van der Waals surface area (Å²) in [5.41, 5.74) is 2.24. The Bertz CT molecular complexity index is 1250. The van der Waals surface area contributed by atoms with Crippen molar-refractivity contribution < 1.29 is 28.9 Å². The molecule has 0 saturated carbocycles. The highest BCUT2D eigenvalue weighted by Crippen LogP contribution is 2.43. The second-order valence-corrected chi connectivity index (χ2v) is 10.3. The fourth-order valence-corrected chi connectivity index (χ4v) is 5.48. The fourth-order valence-electron chi connectivity index (χ4n) is 5.48. The van der Waals surface area contributed by atoms with E-state index in [2.05, 4.69) is 18.7 Å². The Morgan fingerprint density at radius 2 is 1.82 bits per heavy atom. The lowest BCUT2D eigenvalue weighted by atomic mass is 9.94. The maximum Gasteiger partial charge on any atom is 0.295 e. The predicted octanol–water partition coefficient (Wildman–Crippen LogP) is 5.35. The molecule has 8 nitrogen and oxygen atoms in total. The van der Waals surface area contributed by atoms with Gasteiger partial charge in [-0.3, -0.25) is 9.59 Å². The van der Waals surface area contributed by atoms with E-state index in [9.17, 15) is 14.7 Å². The van der Waals surface area contributed by atoms with Crippen molar-refractivity contribution in [2.45, 2.75) is 66.0 Å². The van der Waals surface area contributed by atoms with Crippen LogP contribution in [0.4, 0.5) is 0 Å². The molecule has 2 heterocycles. The Morgan fingerprint density at radius 3 is 2.52 bits per heavy atom. The standard InChI is InChI=1S/C32H42N2O6/c1-6-17-39-26-14-11-22(20-27(26)38-9-4)29-28(30(35)23-12-13-25-24(19-23)18-21(5)40-25)31(36)32(37)34(29)16-10-15-33(7-2)8-3/h11-14,19-21,29,35H,6-10,15-18H2,1-5H3/b30-28+. The van der Waals surface area contributed by atoms with E-state index in [4.69, 9.17) is 14.2 Å². The average Bonchev–Trinajstić information content (AvgIpc) is 3.45. The van der Waals surface area contributed by atoms with E-state index in [-0.39, 0.29) is 17.4 Å². The van der Waals surface area contributed by atoms with Crippen LogP contribution < -0.4 is 14.2 Å². The van der Waals surface area contributed by atoms with Crippen molar-refractivity contribution in [2.75, 3.05) is 39.4 Å². The van der Waals surface area contributed by atoms with Crippen LogP contribution in [0.15, 0.2) is 42.0 Å². The number of ether oxygens (including phenoxy) is 3. The largest absolute Gasteiger partial charge is 0.507 e. The number of nitrogens with zero attached hydrogens (tertiary/aromatic N) is 2. The molecule has 216 valence electrons. The highest BCUT2D eigenvalue weighted by Gasteiger charge is 2.46. The number of aliphatic hydroxyl groups is 1. The van der Waals surface area contributed by atoms with Crippen LogP contribution in [-0.2, 0) is 16.0 Å². The lowest BCUT2D eigenvalue weighted by molar-refractivity contribution is -0.140. The number of fused-ring (bicyclic) bond motifs is 1. The van der Waals surface area contributed by atoms with Gasteiger partial charge in [0.2, 0.25) is 0 Å². The molecule has 0 spiro atoms. The van der Waals surface area contributed by atoms with Crippen molar-refractivity contribution in [3.8, 4) is 17.2 Å². The quantitative estimate of drug-likeness (QED) is 0.204. The number of Topliss-reactive ketones (excluding diaryl/α,β-unsaturated/α-hetero) is 1. The topological polar surface area (TPSA) is 88.5 Å². The SMILES string of the molecule is CCCOc1ccc(C2/C(=C(\O)c3ccc4c(c3)CC(C)O4)C(=O)C(=O)N2CCCN(CC)CC)cc1OCC. The average molecular weight is 551 g/mol. The summed E-state index contributed by atoms with van der Waals surface area (Å²) in [6.45, 7) is 14.1. The molecule has 2 unspecified atom stereocenters. The van der Waals surface area contributed by atoms with Crippen molar-refractivity contribution in [3.05, 3.63) is 58.7 Å². The van der Waals surface area contributed by atoms with Gasteiger partial charge < -0.3 is 29.1 Å². The second kappa shape index (κ2) is 13.2. The van der Waals surface area contributed by atoms with Gasteiger partial charge >= 0.3 is 0 Å². The maximum absolute atomic E-state index is 13.5. The highest BCUT2D eigenvalue weighted by atomic mass is 16.5. The summed E-state index contributed by atoms with van der Waals surface area (Å²) in [5, 5.41) is 11.6. The Balaban J connectivity index is 1.78. The molecule has 0 aromatic heterocycles. The monoisotopic (exact) mass is 550 g/mol. The summed E-state index contributed by atoms with van der Waals surface area (Å²) in [6, 6.07) is 10.2. The third kappa shape index (κ3) is 6.12. The van der Waals surface area contributed by atoms with Crippen LogP contribution in [0.2, 0.25) is 0 Å². The van der Waals surface area contributed by atoms with Gasteiger partial charge in [0.25, 0.3) is 11.7 Å². The van der Waals surface area contributed by atoms with Gasteiger partial charge in [-0.05, 0) is 87.8 Å². The van der Waals surface area contributed by atoms with E-state index in [0.717, 1.165) is 43.8 Å². The zero-order chi connectivity index (χ0) is 28.8. The molecule has 40 heavy (non-hydrogen) atoms. The molecule has 0 bridgehead atoms. The van der Waals surface area contributed by atoms with Crippen molar-refractivity contribution >= 4 is 17.4 Å².